The maximum absolute atomic E-state index is 5.81. The van der Waals surface area contributed by atoms with Crippen LogP contribution in [-0.2, 0) is 22.6 Å². The molecule has 2 rings (SSSR count). The lowest BCUT2D eigenvalue weighted by molar-refractivity contribution is 0.0342. The largest absolute Gasteiger partial charge is 0.383 e. The highest BCUT2D eigenvalue weighted by atomic mass is 16.5. The molecule has 3 N–H and O–H groups in total. The summed E-state index contributed by atoms with van der Waals surface area (Å²) in [4.78, 5) is 6.76. The molecule has 0 spiro atoms. The van der Waals surface area contributed by atoms with Gasteiger partial charge in [-0.3, -0.25) is 4.90 Å². The van der Waals surface area contributed by atoms with Crippen molar-refractivity contribution in [3.63, 3.8) is 0 Å². The lowest BCUT2D eigenvalue weighted by Crippen LogP contribution is -2.35. The Morgan fingerprint density at radius 3 is 2.91 bits per heavy atom. The van der Waals surface area contributed by atoms with E-state index in [1.165, 1.54) is 11.1 Å². The maximum Gasteiger partial charge on any atom is 0.188 e. The molecule has 0 bridgehead atoms. The lowest BCUT2D eigenvalue weighted by atomic mass is 10.1. The number of rotatable bonds is 7. The van der Waals surface area contributed by atoms with Crippen LogP contribution in [0.3, 0.4) is 0 Å². The van der Waals surface area contributed by atoms with Crippen molar-refractivity contribution in [2.24, 2.45) is 10.7 Å². The number of methoxy groups -OCH3 is 1. The molecule has 0 amide bonds. The van der Waals surface area contributed by atoms with Crippen molar-refractivity contribution >= 4 is 5.96 Å². The number of aliphatic imine (C=N–C) groups is 1. The first-order chi connectivity index (χ1) is 10.8. The maximum atomic E-state index is 5.81. The van der Waals surface area contributed by atoms with E-state index in [9.17, 15) is 0 Å². The van der Waals surface area contributed by atoms with Crippen LogP contribution in [0.2, 0.25) is 0 Å². The summed E-state index contributed by atoms with van der Waals surface area (Å²) in [5.74, 6) is 0.454. The quantitative estimate of drug-likeness (QED) is 0.438. The van der Waals surface area contributed by atoms with Gasteiger partial charge in [0.05, 0.1) is 26.4 Å². The van der Waals surface area contributed by atoms with Gasteiger partial charge in [-0.15, -0.1) is 0 Å². The smallest absolute Gasteiger partial charge is 0.188 e. The molecule has 0 radical (unpaired) electrons. The molecule has 0 aromatic heterocycles. The highest BCUT2D eigenvalue weighted by molar-refractivity contribution is 5.77. The van der Waals surface area contributed by atoms with Gasteiger partial charge in [0.25, 0.3) is 0 Å². The van der Waals surface area contributed by atoms with Crippen LogP contribution in [-0.4, -0.2) is 57.4 Å². The Balaban J connectivity index is 1.83. The van der Waals surface area contributed by atoms with E-state index >= 15 is 0 Å². The lowest BCUT2D eigenvalue weighted by Gasteiger charge is -2.26. The Bertz CT molecular complexity index is 473. The molecule has 1 aliphatic rings. The third-order valence-corrected chi connectivity index (χ3v) is 3.55. The van der Waals surface area contributed by atoms with Crippen molar-refractivity contribution in [2.45, 2.75) is 13.1 Å². The minimum absolute atomic E-state index is 0.454. The van der Waals surface area contributed by atoms with E-state index in [1.54, 1.807) is 7.11 Å². The number of guanidine groups is 1. The predicted molar refractivity (Wildman–Crippen MR) is 87.7 cm³/mol. The topological polar surface area (TPSA) is 72.1 Å². The molecule has 0 unspecified atom stereocenters. The van der Waals surface area contributed by atoms with Crippen molar-refractivity contribution in [1.82, 2.24) is 10.2 Å². The SMILES string of the molecule is COCCNC(N)=NCc1cccc(CN2CCOCC2)c1. The van der Waals surface area contributed by atoms with Gasteiger partial charge in [0.1, 0.15) is 0 Å². The standard InChI is InChI=1S/C16H26N4O2/c1-21-8-5-18-16(17)19-12-14-3-2-4-15(11-14)13-20-6-9-22-10-7-20/h2-4,11H,5-10,12-13H2,1H3,(H3,17,18,19). The van der Waals surface area contributed by atoms with Crippen molar-refractivity contribution in [3.8, 4) is 0 Å². The summed E-state index contributed by atoms with van der Waals surface area (Å²) < 4.78 is 10.3. The fourth-order valence-electron chi connectivity index (χ4n) is 2.36. The second kappa shape index (κ2) is 9.40. The van der Waals surface area contributed by atoms with Gasteiger partial charge in [-0.05, 0) is 11.1 Å². The minimum Gasteiger partial charge on any atom is -0.383 e. The van der Waals surface area contributed by atoms with Crippen LogP contribution in [0, 0.1) is 0 Å². The molecular formula is C16H26N4O2. The van der Waals surface area contributed by atoms with Crippen LogP contribution in [0.5, 0.6) is 0 Å². The van der Waals surface area contributed by atoms with Crippen LogP contribution in [0.25, 0.3) is 0 Å². The number of hydrogen-bond donors (Lipinski definition) is 2. The number of nitrogens with one attached hydrogen (secondary N) is 1. The van der Waals surface area contributed by atoms with Crippen LogP contribution in [0.15, 0.2) is 29.3 Å². The average molecular weight is 306 g/mol. The summed E-state index contributed by atoms with van der Waals surface area (Å²) in [5.41, 5.74) is 8.29. The Morgan fingerprint density at radius 2 is 2.14 bits per heavy atom. The molecule has 1 aromatic rings. The first kappa shape index (κ1) is 16.7. The van der Waals surface area contributed by atoms with E-state index in [4.69, 9.17) is 15.2 Å². The summed E-state index contributed by atoms with van der Waals surface area (Å²) in [7, 11) is 1.66. The van der Waals surface area contributed by atoms with Crippen LogP contribution < -0.4 is 11.1 Å². The summed E-state index contributed by atoms with van der Waals surface area (Å²) in [6.07, 6.45) is 0. The molecule has 6 heteroatoms. The minimum atomic E-state index is 0.454. The molecule has 0 saturated carbocycles. The number of nitrogens with two attached hydrogens (primary N) is 1. The summed E-state index contributed by atoms with van der Waals surface area (Å²) in [6.45, 7) is 6.48. The number of benzene rings is 1. The van der Waals surface area contributed by atoms with E-state index in [0.29, 0.717) is 25.7 Å². The highest BCUT2D eigenvalue weighted by Gasteiger charge is 2.10. The zero-order valence-electron chi connectivity index (χ0n) is 13.3. The van der Waals surface area contributed by atoms with Gasteiger partial charge in [-0.25, -0.2) is 4.99 Å². The van der Waals surface area contributed by atoms with E-state index < -0.39 is 0 Å². The molecule has 22 heavy (non-hydrogen) atoms. The van der Waals surface area contributed by atoms with Crippen molar-refractivity contribution < 1.29 is 9.47 Å². The zero-order valence-corrected chi connectivity index (χ0v) is 13.3. The third kappa shape index (κ3) is 6.01. The fraction of sp³-hybridized carbons (Fsp3) is 0.562. The molecule has 1 saturated heterocycles. The number of ether oxygens (including phenoxy) is 2. The predicted octanol–water partition coefficient (Wildman–Crippen LogP) is 0.570. The number of morpholine rings is 1. The van der Waals surface area contributed by atoms with Gasteiger partial charge in [0.15, 0.2) is 5.96 Å². The summed E-state index contributed by atoms with van der Waals surface area (Å²) >= 11 is 0. The van der Waals surface area contributed by atoms with Gasteiger partial charge >= 0.3 is 0 Å². The normalized spacial score (nSPS) is 16.7. The van der Waals surface area contributed by atoms with Gasteiger partial charge in [0, 0.05) is 33.3 Å². The summed E-state index contributed by atoms with van der Waals surface area (Å²) in [6, 6.07) is 8.51. The first-order valence-electron chi connectivity index (χ1n) is 7.68. The molecule has 0 aliphatic carbocycles. The molecule has 0 atom stereocenters. The van der Waals surface area contributed by atoms with Gasteiger partial charge in [0.2, 0.25) is 0 Å². The molecule has 1 heterocycles. The molecule has 1 aliphatic heterocycles. The second-order valence-corrected chi connectivity index (χ2v) is 5.33. The molecule has 122 valence electrons. The van der Waals surface area contributed by atoms with Gasteiger partial charge in [-0.2, -0.15) is 0 Å². The first-order valence-corrected chi connectivity index (χ1v) is 7.68. The number of nitrogens with zero attached hydrogens (tertiary/aromatic N) is 2. The van der Waals surface area contributed by atoms with Crippen molar-refractivity contribution in [1.29, 1.82) is 0 Å². The number of hydrogen-bond acceptors (Lipinski definition) is 4. The molecule has 1 fully saturated rings. The Hall–Kier alpha value is -1.63. The molecule has 1 aromatic carbocycles. The summed E-state index contributed by atoms with van der Waals surface area (Å²) in [5, 5.41) is 3.01. The van der Waals surface area contributed by atoms with Crippen LogP contribution in [0.1, 0.15) is 11.1 Å². The van der Waals surface area contributed by atoms with E-state index in [0.717, 1.165) is 32.8 Å². The molecular weight excluding hydrogens is 280 g/mol. The van der Waals surface area contributed by atoms with E-state index in [1.807, 2.05) is 0 Å². The molecule has 6 nitrogen and oxygen atoms in total. The van der Waals surface area contributed by atoms with E-state index in [-0.39, 0.29) is 0 Å². The monoisotopic (exact) mass is 306 g/mol. The van der Waals surface area contributed by atoms with Crippen LogP contribution in [0.4, 0.5) is 0 Å². The van der Waals surface area contributed by atoms with Crippen molar-refractivity contribution in [2.75, 3.05) is 46.6 Å². The zero-order chi connectivity index (χ0) is 15.6. The van der Waals surface area contributed by atoms with Gasteiger partial charge in [-0.1, -0.05) is 24.3 Å². The second-order valence-electron chi connectivity index (χ2n) is 5.33. The highest BCUT2D eigenvalue weighted by Crippen LogP contribution is 2.10. The fourth-order valence-corrected chi connectivity index (χ4v) is 2.36. The van der Waals surface area contributed by atoms with Gasteiger partial charge < -0.3 is 20.5 Å². The average Bonchev–Trinajstić information content (AvgIpc) is 2.55. The van der Waals surface area contributed by atoms with Crippen LogP contribution >= 0.6 is 0 Å². The Morgan fingerprint density at radius 1 is 1.36 bits per heavy atom. The Labute approximate surface area is 132 Å². The Kier molecular flexibility index (Phi) is 7.15. The van der Waals surface area contributed by atoms with Crippen molar-refractivity contribution in [3.05, 3.63) is 35.4 Å². The van der Waals surface area contributed by atoms with E-state index in [2.05, 4.69) is 39.5 Å². The third-order valence-electron chi connectivity index (χ3n) is 3.55.